The van der Waals surface area contributed by atoms with Crippen LogP contribution in [0.25, 0.3) is 0 Å². The van der Waals surface area contributed by atoms with Crippen LogP contribution in [0.3, 0.4) is 0 Å². The molecule has 2 N–H and O–H groups in total. The molecule has 320 valence electrons. The van der Waals surface area contributed by atoms with Gasteiger partial charge in [0.1, 0.15) is 0 Å². The number of hydrogen-bond acceptors (Lipinski definition) is 8. The van der Waals surface area contributed by atoms with Gasteiger partial charge in [0, 0.05) is 37.0 Å². The summed E-state index contributed by atoms with van der Waals surface area (Å²) in [5, 5.41) is 29.7. The second-order valence-corrected chi connectivity index (χ2v) is 16.5. The molecule has 62 heavy (non-hydrogen) atoms. The van der Waals surface area contributed by atoms with Crippen LogP contribution in [0.2, 0.25) is 0 Å². The van der Waals surface area contributed by atoms with Crippen LogP contribution in [0.4, 0.5) is 0 Å². The van der Waals surface area contributed by atoms with Gasteiger partial charge in [-0.2, -0.15) is 10.2 Å². The van der Waals surface area contributed by atoms with Gasteiger partial charge in [-0.15, -0.1) is 0 Å². The van der Waals surface area contributed by atoms with Crippen molar-refractivity contribution in [3.63, 3.8) is 0 Å². The number of aromatic nitrogens is 4. The van der Waals surface area contributed by atoms with Crippen LogP contribution in [-0.4, -0.2) is 76.6 Å². The van der Waals surface area contributed by atoms with E-state index in [0.29, 0.717) is 13.1 Å². The lowest BCUT2D eigenvalue weighted by atomic mass is 9.82. The Kier molecular flexibility index (Phi) is 12.9. The molecule has 6 aromatic rings. The van der Waals surface area contributed by atoms with Gasteiger partial charge in [0.05, 0.1) is 24.5 Å². The molecule has 12 nitrogen and oxygen atoms in total. The summed E-state index contributed by atoms with van der Waals surface area (Å²) in [6, 6.07) is 36.2. The van der Waals surface area contributed by atoms with Crippen molar-refractivity contribution in [2.75, 3.05) is 13.1 Å². The predicted molar refractivity (Wildman–Crippen MR) is 239 cm³/mol. The fraction of sp³-hybridized carbons (Fsp3) is 0.320. The summed E-state index contributed by atoms with van der Waals surface area (Å²) in [7, 11) is 0. The highest BCUT2D eigenvalue weighted by Gasteiger charge is 2.42. The van der Waals surface area contributed by atoms with Crippen molar-refractivity contribution < 1.29 is 19.8 Å². The molecule has 0 fully saturated rings. The monoisotopic (exact) mass is 834 g/mol. The lowest BCUT2D eigenvalue weighted by molar-refractivity contribution is 0.0521. The minimum Gasteiger partial charge on any atom is -0.502 e. The molecule has 0 saturated heterocycles. The molecule has 0 aliphatic carbocycles. The molecule has 0 saturated carbocycles. The molecule has 2 atom stereocenters. The molecule has 2 aromatic heterocycles. The average molecular weight is 835 g/mol. The average Bonchev–Trinajstić information content (AvgIpc) is 3.26. The van der Waals surface area contributed by atoms with Crippen LogP contribution in [0.1, 0.15) is 119 Å². The number of carbonyl (C=O) groups is 2. The number of fused-ring (bicyclic) bond motifs is 2. The Morgan fingerprint density at radius 3 is 1.35 bits per heavy atom. The molecule has 12 heteroatoms. The smallest absolute Gasteiger partial charge is 0.276 e. The molecule has 4 heterocycles. The zero-order chi connectivity index (χ0) is 44.2. The third kappa shape index (κ3) is 8.41. The Balaban J connectivity index is 0.000000186. The second-order valence-electron chi connectivity index (χ2n) is 16.5. The Labute approximate surface area is 361 Å². The highest BCUT2D eigenvalue weighted by Crippen LogP contribution is 2.42. The first-order chi connectivity index (χ1) is 29.8. The van der Waals surface area contributed by atoms with Crippen LogP contribution in [0.15, 0.2) is 131 Å². The van der Waals surface area contributed by atoms with E-state index in [9.17, 15) is 29.4 Å². The zero-order valence-electron chi connectivity index (χ0n) is 36.1. The van der Waals surface area contributed by atoms with Crippen LogP contribution in [-0.2, 0) is 0 Å². The number of aromatic hydroxyl groups is 2. The predicted octanol–water partition coefficient (Wildman–Crippen LogP) is 7.77. The third-order valence-electron chi connectivity index (χ3n) is 12.2. The first-order valence-electron chi connectivity index (χ1n) is 21.3. The van der Waals surface area contributed by atoms with E-state index in [4.69, 9.17) is 0 Å². The summed E-state index contributed by atoms with van der Waals surface area (Å²) in [6.07, 6.45) is 3.77. The zero-order valence-corrected chi connectivity index (χ0v) is 36.1. The fourth-order valence-corrected chi connectivity index (χ4v) is 9.12. The van der Waals surface area contributed by atoms with Crippen molar-refractivity contribution >= 4 is 11.8 Å². The van der Waals surface area contributed by atoms with E-state index in [-0.39, 0.29) is 59.2 Å². The number of rotatable bonds is 10. The number of amides is 2. The van der Waals surface area contributed by atoms with Crippen LogP contribution >= 0.6 is 0 Å². The molecule has 0 bridgehead atoms. The van der Waals surface area contributed by atoms with Crippen molar-refractivity contribution in [3.8, 4) is 11.5 Å². The van der Waals surface area contributed by atoms with E-state index in [2.05, 4.69) is 84.7 Å². The van der Waals surface area contributed by atoms with Gasteiger partial charge in [-0.25, -0.2) is 0 Å². The Morgan fingerprint density at radius 2 is 0.952 bits per heavy atom. The molecule has 2 aliphatic rings. The maximum absolute atomic E-state index is 13.4. The van der Waals surface area contributed by atoms with E-state index in [1.807, 2.05) is 76.2 Å². The van der Waals surface area contributed by atoms with E-state index >= 15 is 0 Å². The van der Waals surface area contributed by atoms with Gasteiger partial charge in [0.2, 0.25) is 10.9 Å². The summed E-state index contributed by atoms with van der Waals surface area (Å²) in [4.78, 5) is 54.3. The quantitative estimate of drug-likeness (QED) is 0.142. The number of carbonyl (C=O) groups excluding carboxylic acids is 2. The van der Waals surface area contributed by atoms with Crippen molar-refractivity contribution in [2.24, 2.45) is 0 Å². The molecular weight excluding hydrogens is 781 g/mol. The minimum absolute atomic E-state index is 0.0191. The number of benzene rings is 4. The maximum Gasteiger partial charge on any atom is 0.276 e. The summed E-state index contributed by atoms with van der Waals surface area (Å²) < 4.78 is 3.11. The Bertz CT molecular complexity index is 2590. The first-order valence-corrected chi connectivity index (χ1v) is 21.3. The van der Waals surface area contributed by atoms with Gasteiger partial charge in [-0.05, 0) is 62.8 Å². The molecule has 2 aliphatic heterocycles. The molecule has 0 spiro atoms. The molecule has 0 radical (unpaired) electrons. The van der Waals surface area contributed by atoms with E-state index < -0.39 is 22.4 Å². The van der Waals surface area contributed by atoms with Crippen molar-refractivity contribution in [2.45, 2.75) is 90.4 Å². The topological polar surface area (TPSA) is 151 Å². The largest absolute Gasteiger partial charge is 0.502 e. The Hall–Kier alpha value is -6.82. The van der Waals surface area contributed by atoms with Crippen molar-refractivity contribution in [1.29, 1.82) is 0 Å². The van der Waals surface area contributed by atoms with Gasteiger partial charge in [0.15, 0.2) is 22.9 Å². The molecular formula is C50H54N6O6. The number of hydrogen-bond donors (Lipinski definition) is 2. The van der Waals surface area contributed by atoms with Crippen molar-refractivity contribution in [3.05, 3.63) is 187 Å². The van der Waals surface area contributed by atoms with Gasteiger partial charge in [-0.1, -0.05) is 134 Å². The van der Waals surface area contributed by atoms with Gasteiger partial charge in [0.25, 0.3) is 11.8 Å². The van der Waals surface area contributed by atoms with Crippen LogP contribution in [0.5, 0.6) is 11.5 Å². The summed E-state index contributed by atoms with van der Waals surface area (Å²) in [5.74, 6) is -2.01. The number of aryl methyl sites for hydroxylation is 2. The van der Waals surface area contributed by atoms with E-state index in [1.165, 1.54) is 0 Å². The molecule has 8 rings (SSSR count). The lowest BCUT2D eigenvalue weighted by Gasteiger charge is -2.42. The molecule has 2 amide bonds. The third-order valence-corrected chi connectivity index (χ3v) is 12.2. The number of nitrogens with zero attached hydrogens (tertiary/aromatic N) is 6. The summed E-state index contributed by atoms with van der Waals surface area (Å²) in [6.45, 7) is 12.9. The highest BCUT2D eigenvalue weighted by atomic mass is 16.3. The van der Waals surface area contributed by atoms with E-state index in [0.717, 1.165) is 58.6 Å². The van der Waals surface area contributed by atoms with Gasteiger partial charge < -0.3 is 20.0 Å². The standard InChI is InChI=1S/2C25H27N3O3/c1-15(2)27-14-20(28-23(25(27)31)24(30)21(29)13-26-28)22(18-9-5-7-16(3)11-18)19-10-6-8-17(4)12-19;1-3-19(4-2)27-16-20(28-23(25(27)31)24(30)21(29)15-26-28)22(17-11-7-5-8-12-17)18-13-9-6-10-14-18/h5-13,15,20,22,30H,14H2,1-4H3;5-15,19-20,22,30H,3-4,16H2,1-2H3. The minimum atomic E-state index is -0.647. The van der Waals surface area contributed by atoms with Crippen LogP contribution in [0, 0.1) is 13.8 Å². The normalized spacial score (nSPS) is 16.1. The maximum atomic E-state index is 13.4. The summed E-state index contributed by atoms with van der Waals surface area (Å²) >= 11 is 0. The molecule has 2 unspecified atom stereocenters. The van der Waals surface area contributed by atoms with Crippen molar-refractivity contribution in [1.82, 2.24) is 29.4 Å². The highest BCUT2D eigenvalue weighted by molar-refractivity contribution is 5.96. The first kappa shape index (κ1) is 43.3. The fourth-order valence-electron chi connectivity index (χ4n) is 9.12. The lowest BCUT2D eigenvalue weighted by Crippen LogP contribution is -2.51. The molecule has 4 aromatic carbocycles. The van der Waals surface area contributed by atoms with Gasteiger partial charge >= 0.3 is 0 Å². The Morgan fingerprint density at radius 1 is 0.565 bits per heavy atom. The van der Waals surface area contributed by atoms with E-state index in [1.54, 1.807) is 19.2 Å². The SMILES string of the molecule is CCC(CC)N1CC(C(c2ccccc2)c2ccccc2)n2ncc(=O)c(O)c2C1=O.Cc1cccc(C(c2cccc(C)c2)C2CN(C(C)C)C(=O)c3c(O)c(=O)cnn32)c1. The van der Waals surface area contributed by atoms with Gasteiger partial charge in [-0.3, -0.25) is 28.5 Å². The summed E-state index contributed by atoms with van der Waals surface area (Å²) in [5.41, 5.74) is 5.30. The van der Waals surface area contributed by atoms with Crippen LogP contribution < -0.4 is 10.9 Å². The second kappa shape index (κ2) is 18.4.